The number of hydrogen-bond donors (Lipinski definition) is 2. The third kappa shape index (κ3) is 8.24. The Balaban J connectivity index is 0.00000400. The van der Waals surface area contributed by atoms with E-state index in [2.05, 4.69) is 29.5 Å². The maximum absolute atomic E-state index is 5.28. The fourth-order valence-electron chi connectivity index (χ4n) is 2.93. The highest BCUT2D eigenvalue weighted by Crippen LogP contribution is 2.40. The van der Waals surface area contributed by atoms with Gasteiger partial charge in [-0.05, 0) is 37.0 Å². The second kappa shape index (κ2) is 11.5. The molecule has 1 fully saturated rings. The minimum absolute atomic E-state index is 0. The molecule has 0 amide bonds. The molecule has 0 atom stereocenters. The first-order chi connectivity index (χ1) is 9.62. The number of nitrogens with zero attached hydrogens (tertiary/aromatic N) is 1. The third-order valence-corrected chi connectivity index (χ3v) is 4.37. The standard InChI is InChI=1S/C16H33N3O.HI/c1-14(2)7-11-18-15(17-3)19-13-16(10-12-20-4)8-5-6-9-16;/h14H,5-13H2,1-4H3,(H2,17,18,19);1H. The highest BCUT2D eigenvalue weighted by molar-refractivity contribution is 14.0. The van der Waals surface area contributed by atoms with E-state index in [1.54, 1.807) is 7.11 Å². The van der Waals surface area contributed by atoms with E-state index in [9.17, 15) is 0 Å². The smallest absolute Gasteiger partial charge is 0.190 e. The number of hydrogen-bond acceptors (Lipinski definition) is 2. The van der Waals surface area contributed by atoms with E-state index in [-0.39, 0.29) is 24.0 Å². The fourth-order valence-corrected chi connectivity index (χ4v) is 2.93. The van der Waals surface area contributed by atoms with Gasteiger partial charge in [0.15, 0.2) is 5.96 Å². The van der Waals surface area contributed by atoms with E-state index in [0.717, 1.165) is 38.0 Å². The zero-order valence-corrected chi connectivity index (χ0v) is 16.5. The summed E-state index contributed by atoms with van der Waals surface area (Å²) in [4.78, 5) is 4.32. The van der Waals surface area contributed by atoms with Gasteiger partial charge in [-0.2, -0.15) is 0 Å². The Morgan fingerprint density at radius 1 is 1.24 bits per heavy atom. The van der Waals surface area contributed by atoms with Crippen LogP contribution in [0.2, 0.25) is 0 Å². The van der Waals surface area contributed by atoms with Crippen LogP contribution in [0.4, 0.5) is 0 Å². The van der Waals surface area contributed by atoms with Gasteiger partial charge >= 0.3 is 0 Å². The molecule has 1 rings (SSSR count). The number of aliphatic imine (C=N–C) groups is 1. The molecule has 0 aromatic heterocycles. The van der Waals surface area contributed by atoms with Crippen molar-refractivity contribution in [3.63, 3.8) is 0 Å². The van der Waals surface area contributed by atoms with Crippen molar-refractivity contribution in [1.29, 1.82) is 0 Å². The average molecular weight is 411 g/mol. The molecule has 0 unspecified atom stereocenters. The van der Waals surface area contributed by atoms with Gasteiger partial charge < -0.3 is 15.4 Å². The molecule has 0 saturated heterocycles. The lowest BCUT2D eigenvalue weighted by atomic mass is 9.83. The molecule has 0 aromatic rings. The highest BCUT2D eigenvalue weighted by Gasteiger charge is 2.33. The minimum atomic E-state index is 0. The van der Waals surface area contributed by atoms with Gasteiger partial charge in [0.2, 0.25) is 0 Å². The third-order valence-electron chi connectivity index (χ3n) is 4.37. The van der Waals surface area contributed by atoms with Crippen molar-refractivity contribution >= 4 is 29.9 Å². The van der Waals surface area contributed by atoms with Crippen LogP contribution >= 0.6 is 24.0 Å². The van der Waals surface area contributed by atoms with Crippen LogP contribution in [0, 0.1) is 11.3 Å². The van der Waals surface area contributed by atoms with Crippen LogP contribution < -0.4 is 10.6 Å². The monoisotopic (exact) mass is 411 g/mol. The molecule has 0 bridgehead atoms. The van der Waals surface area contributed by atoms with Gasteiger partial charge in [-0.15, -0.1) is 24.0 Å². The molecule has 4 nitrogen and oxygen atoms in total. The van der Waals surface area contributed by atoms with Crippen molar-refractivity contribution in [2.75, 3.05) is 33.9 Å². The van der Waals surface area contributed by atoms with E-state index in [4.69, 9.17) is 4.74 Å². The zero-order valence-electron chi connectivity index (χ0n) is 14.2. The van der Waals surface area contributed by atoms with E-state index in [1.165, 1.54) is 32.1 Å². The summed E-state index contributed by atoms with van der Waals surface area (Å²) in [6.45, 7) is 7.35. The Morgan fingerprint density at radius 3 is 2.43 bits per heavy atom. The molecule has 21 heavy (non-hydrogen) atoms. The zero-order chi connectivity index (χ0) is 14.8. The molecule has 1 aliphatic carbocycles. The van der Waals surface area contributed by atoms with Crippen molar-refractivity contribution in [3.05, 3.63) is 0 Å². The normalized spacial score (nSPS) is 17.7. The summed E-state index contributed by atoms with van der Waals surface area (Å²) < 4.78 is 5.28. The topological polar surface area (TPSA) is 45.7 Å². The van der Waals surface area contributed by atoms with Crippen LogP contribution in [0.15, 0.2) is 4.99 Å². The summed E-state index contributed by atoms with van der Waals surface area (Å²) in [7, 11) is 3.64. The summed E-state index contributed by atoms with van der Waals surface area (Å²) in [5.41, 5.74) is 0.408. The number of nitrogens with one attached hydrogen (secondary N) is 2. The summed E-state index contributed by atoms with van der Waals surface area (Å²) in [5.74, 6) is 1.66. The first-order valence-electron chi connectivity index (χ1n) is 8.05. The van der Waals surface area contributed by atoms with Crippen LogP contribution in [-0.4, -0.2) is 39.8 Å². The van der Waals surface area contributed by atoms with Crippen LogP contribution in [-0.2, 0) is 4.74 Å². The fraction of sp³-hybridized carbons (Fsp3) is 0.938. The Morgan fingerprint density at radius 2 is 1.90 bits per heavy atom. The average Bonchev–Trinajstić information content (AvgIpc) is 2.89. The van der Waals surface area contributed by atoms with Crippen molar-refractivity contribution in [1.82, 2.24) is 10.6 Å². The predicted octanol–water partition coefficient (Wildman–Crippen LogP) is 3.41. The Bertz CT molecular complexity index is 289. The van der Waals surface area contributed by atoms with Crippen molar-refractivity contribution in [3.8, 4) is 0 Å². The first-order valence-corrected chi connectivity index (χ1v) is 8.05. The molecule has 0 radical (unpaired) electrons. The van der Waals surface area contributed by atoms with Crippen LogP contribution in [0.3, 0.4) is 0 Å². The largest absolute Gasteiger partial charge is 0.385 e. The Hall–Kier alpha value is -0.0400. The van der Waals surface area contributed by atoms with E-state index < -0.39 is 0 Å². The van der Waals surface area contributed by atoms with Crippen LogP contribution in [0.25, 0.3) is 0 Å². The van der Waals surface area contributed by atoms with Gasteiger partial charge in [-0.1, -0.05) is 26.7 Å². The summed E-state index contributed by atoms with van der Waals surface area (Å²) >= 11 is 0. The number of rotatable bonds is 8. The lowest BCUT2D eigenvalue weighted by molar-refractivity contribution is 0.138. The highest BCUT2D eigenvalue weighted by atomic mass is 127. The minimum Gasteiger partial charge on any atom is -0.385 e. The van der Waals surface area contributed by atoms with E-state index in [0.29, 0.717) is 5.41 Å². The summed E-state index contributed by atoms with van der Waals surface area (Å²) in [6.07, 6.45) is 7.66. The van der Waals surface area contributed by atoms with Crippen molar-refractivity contribution < 1.29 is 4.74 Å². The van der Waals surface area contributed by atoms with Gasteiger partial charge in [0.25, 0.3) is 0 Å². The molecule has 5 heteroatoms. The first kappa shape index (κ1) is 21.0. The second-order valence-electron chi connectivity index (χ2n) is 6.48. The molecular formula is C16H34IN3O. The van der Waals surface area contributed by atoms with E-state index in [1.807, 2.05) is 7.05 Å². The maximum Gasteiger partial charge on any atom is 0.190 e. The molecule has 0 aromatic carbocycles. The number of halogens is 1. The molecule has 126 valence electrons. The summed E-state index contributed by atoms with van der Waals surface area (Å²) in [6, 6.07) is 0. The molecule has 0 aliphatic heterocycles. The SMILES string of the molecule is CN=C(NCCC(C)C)NCC1(CCOC)CCCC1.I. The lowest BCUT2D eigenvalue weighted by Crippen LogP contribution is -2.43. The number of methoxy groups -OCH3 is 1. The van der Waals surface area contributed by atoms with Gasteiger partial charge in [0, 0.05) is 33.9 Å². The van der Waals surface area contributed by atoms with Crippen molar-refractivity contribution in [2.24, 2.45) is 16.3 Å². The quantitative estimate of drug-likeness (QED) is 0.366. The molecule has 0 heterocycles. The molecule has 2 N–H and O–H groups in total. The molecule has 1 saturated carbocycles. The van der Waals surface area contributed by atoms with Crippen LogP contribution in [0.1, 0.15) is 52.4 Å². The van der Waals surface area contributed by atoms with Crippen molar-refractivity contribution in [2.45, 2.75) is 52.4 Å². The lowest BCUT2D eigenvalue weighted by Gasteiger charge is -2.30. The summed E-state index contributed by atoms with van der Waals surface area (Å²) in [5, 5.41) is 6.92. The molecule has 1 aliphatic rings. The molecule has 0 spiro atoms. The van der Waals surface area contributed by atoms with Gasteiger partial charge in [-0.25, -0.2) is 0 Å². The second-order valence-corrected chi connectivity index (χ2v) is 6.48. The number of guanidine groups is 1. The maximum atomic E-state index is 5.28. The Labute approximate surface area is 147 Å². The predicted molar refractivity (Wildman–Crippen MR) is 102 cm³/mol. The van der Waals surface area contributed by atoms with Gasteiger partial charge in [0.05, 0.1) is 0 Å². The Kier molecular flexibility index (Phi) is 11.5. The molecular weight excluding hydrogens is 377 g/mol. The number of ether oxygens (including phenoxy) is 1. The van der Waals surface area contributed by atoms with E-state index >= 15 is 0 Å². The van der Waals surface area contributed by atoms with Gasteiger partial charge in [0.1, 0.15) is 0 Å². The van der Waals surface area contributed by atoms with Gasteiger partial charge in [-0.3, -0.25) is 4.99 Å². The van der Waals surface area contributed by atoms with Crippen LogP contribution in [0.5, 0.6) is 0 Å².